The summed E-state index contributed by atoms with van der Waals surface area (Å²) >= 11 is 0. The van der Waals surface area contributed by atoms with Crippen molar-refractivity contribution in [3.05, 3.63) is 65.5 Å². The number of anilines is 2. The average Bonchev–Trinajstić information content (AvgIpc) is 2.79. The number of ketones is 1. The summed E-state index contributed by atoms with van der Waals surface area (Å²) in [6.45, 7) is 5.77. The fraction of sp³-hybridized carbons (Fsp3) is 0.348. The van der Waals surface area contributed by atoms with E-state index in [2.05, 4.69) is 4.90 Å². The predicted molar refractivity (Wildman–Crippen MR) is 112 cm³/mol. The first-order valence-electron chi connectivity index (χ1n) is 9.98. The summed E-state index contributed by atoms with van der Waals surface area (Å²) in [4.78, 5) is 16.7. The van der Waals surface area contributed by atoms with E-state index >= 15 is 0 Å². The number of benzene rings is 2. The Morgan fingerprint density at radius 2 is 1.48 bits per heavy atom. The molecule has 0 bridgehead atoms. The van der Waals surface area contributed by atoms with Gasteiger partial charge in [0.05, 0.1) is 32.1 Å². The first kappa shape index (κ1) is 19.6. The minimum Gasteiger partial charge on any atom is -0.378 e. The molecule has 0 atom stereocenters. The van der Waals surface area contributed by atoms with Gasteiger partial charge in [-0.15, -0.1) is 0 Å². The van der Waals surface area contributed by atoms with Gasteiger partial charge in [0.15, 0.2) is 5.78 Å². The largest absolute Gasteiger partial charge is 0.378 e. The molecule has 2 fully saturated rings. The van der Waals surface area contributed by atoms with Crippen LogP contribution in [0.3, 0.4) is 0 Å². The van der Waals surface area contributed by atoms with Crippen molar-refractivity contribution in [1.82, 2.24) is 0 Å². The third-order valence-corrected chi connectivity index (χ3v) is 5.28. The Bertz CT molecular complexity index is 870. The molecule has 0 aromatic heterocycles. The molecule has 2 aromatic carbocycles. The third-order valence-electron chi connectivity index (χ3n) is 5.28. The lowest BCUT2D eigenvalue weighted by Gasteiger charge is -2.29. The number of ether oxygens (including phenoxy) is 2. The number of hydrogen-bond acceptors (Lipinski definition) is 5. The molecule has 2 heterocycles. The maximum absolute atomic E-state index is 14.5. The monoisotopic (exact) mass is 396 g/mol. The van der Waals surface area contributed by atoms with E-state index in [1.54, 1.807) is 18.2 Å². The molecule has 0 N–H and O–H groups in total. The van der Waals surface area contributed by atoms with Gasteiger partial charge in [0.25, 0.3) is 0 Å². The lowest BCUT2D eigenvalue weighted by atomic mass is 10.1. The second-order valence-electron chi connectivity index (χ2n) is 7.15. The summed E-state index contributed by atoms with van der Waals surface area (Å²) in [6, 6.07) is 12.7. The second-order valence-corrected chi connectivity index (χ2v) is 7.15. The Morgan fingerprint density at radius 3 is 2.10 bits per heavy atom. The van der Waals surface area contributed by atoms with Gasteiger partial charge in [0, 0.05) is 37.4 Å². The van der Waals surface area contributed by atoms with Gasteiger partial charge in [-0.2, -0.15) is 0 Å². The number of halogens is 1. The number of allylic oxidation sites excluding steroid dienone is 1. The van der Waals surface area contributed by atoms with E-state index in [0.717, 1.165) is 37.6 Å². The molecule has 4 rings (SSSR count). The van der Waals surface area contributed by atoms with Crippen LogP contribution in [0, 0.1) is 5.82 Å². The normalized spacial score (nSPS) is 17.7. The number of rotatable bonds is 5. The summed E-state index contributed by atoms with van der Waals surface area (Å²) in [5, 5.41) is 0. The molecule has 0 aliphatic carbocycles. The molecule has 2 saturated heterocycles. The molecule has 2 aromatic rings. The fourth-order valence-corrected chi connectivity index (χ4v) is 3.61. The van der Waals surface area contributed by atoms with Gasteiger partial charge in [0.1, 0.15) is 5.82 Å². The van der Waals surface area contributed by atoms with Crippen LogP contribution < -0.4 is 9.80 Å². The van der Waals surface area contributed by atoms with Crippen molar-refractivity contribution in [3.63, 3.8) is 0 Å². The van der Waals surface area contributed by atoms with Crippen molar-refractivity contribution in [2.24, 2.45) is 0 Å². The van der Waals surface area contributed by atoms with Crippen molar-refractivity contribution in [2.45, 2.75) is 0 Å². The van der Waals surface area contributed by atoms with Gasteiger partial charge in [-0.1, -0.05) is 18.2 Å². The lowest BCUT2D eigenvalue weighted by molar-refractivity contribution is 0.104. The van der Waals surface area contributed by atoms with Crippen LogP contribution in [0.25, 0.3) is 6.08 Å². The highest BCUT2D eigenvalue weighted by Crippen LogP contribution is 2.22. The molecule has 6 heteroatoms. The summed E-state index contributed by atoms with van der Waals surface area (Å²) in [5.74, 6) is -0.587. The van der Waals surface area contributed by atoms with Crippen LogP contribution in [-0.4, -0.2) is 58.4 Å². The van der Waals surface area contributed by atoms with Gasteiger partial charge in [0.2, 0.25) is 0 Å². The van der Waals surface area contributed by atoms with Crippen LogP contribution in [0.1, 0.15) is 15.9 Å². The van der Waals surface area contributed by atoms with Gasteiger partial charge < -0.3 is 19.3 Å². The molecule has 152 valence electrons. The van der Waals surface area contributed by atoms with E-state index in [0.29, 0.717) is 37.6 Å². The maximum atomic E-state index is 14.5. The highest BCUT2D eigenvalue weighted by molar-refractivity contribution is 6.07. The van der Waals surface area contributed by atoms with Gasteiger partial charge in [-0.05, 0) is 42.0 Å². The van der Waals surface area contributed by atoms with E-state index in [-0.39, 0.29) is 11.6 Å². The van der Waals surface area contributed by atoms with Crippen molar-refractivity contribution >= 4 is 23.2 Å². The van der Waals surface area contributed by atoms with Crippen molar-refractivity contribution < 1.29 is 18.7 Å². The molecule has 2 aliphatic heterocycles. The summed E-state index contributed by atoms with van der Waals surface area (Å²) in [6.07, 6.45) is 3.26. The molecular weight excluding hydrogens is 371 g/mol. The quantitative estimate of drug-likeness (QED) is 0.573. The first-order chi connectivity index (χ1) is 14.2. The fourth-order valence-electron chi connectivity index (χ4n) is 3.61. The van der Waals surface area contributed by atoms with Crippen LogP contribution in [0.5, 0.6) is 0 Å². The molecule has 29 heavy (non-hydrogen) atoms. The molecule has 0 unspecified atom stereocenters. The van der Waals surface area contributed by atoms with Crippen LogP contribution in [0.2, 0.25) is 0 Å². The van der Waals surface area contributed by atoms with E-state index in [9.17, 15) is 9.18 Å². The van der Waals surface area contributed by atoms with E-state index < -0.39 is 0 Å². The molecule has 2 aliphatic rings. The van der Waals surface area contributed by atoms with Crippen LogP contribution in [0.15, 0.2) is 48.5 Å². The third kappa shape index (κ3) is 4.83. The number of morpholine rings is 2. The zero-order valence-electron chi connectivity index (χ0n) is 16.4. The Hall–Kier alpha value is -2.70. The zero-order chi connectivity index (χ0) is 20.1. The van der Waals surface area contributed by atoms with Gasteiger partial charge in [-0.3, -0.25) is 4.79 Å². The second kappa shape index (κ2) is 9.20. The number of carbonyl (C=O) groups excluding carboxylic acids is 1. The molecule has 0 saturated carbocycles. The Labute approximate surface area is 170 Å². The maximum Gasteiger partial charge on any atom is 0.185 e. The summed E-state index contributed by atoms with van der Waals surface area (Å²) < 4.78 is 25.2. The van der Waals surface area contributed by atoms with Crippen LogP contribution in [0.4, 0.5) is 15.8 Å². The molecule has 5 nitrogen and oxygen atoms in total. The lowest BCUT2D eigenvalue weighted by Crippen LogP contribution is -2.36. The molecular formula is C23H25FN2O3. The Morgan fingerprint density at radius 1 is 0.862 bits per heavy atom. The number of hydrogen-bond donors (Lipinski definition) is 0. The Balaban J connectivity index is 1.40. The van der Waals surface area contributed by atoms with Crippen molar-refractivity contribution in [2.75, 3.05) is 62.4 Å². The molecule has 0 spiro atoms. The number of nitrogens with zero attached hydrogens (tertiary/aromatic N) is 2. The molecule has 0 amide bonds. The van der Waals surface area contributed by atoms with Crippen molar-refractivity contribution in [3.8, 4) is 0 Å². The highest BCUT2D eigenvalue weighted by Gasteiger charge is 2.16. The van der Waals surface area contributed by atoms with Gasteiger partial charge >= 0.3 is 0 Å². The summed E-state index contributed by atoms with van der Waals surface area (Å²) in [7, 11) is 0. The summed E-state index contributed by atoms with van der Waals surface area (Å²) in [5.41, 5.74) is 2.95. The standard InChI is InChI=1S/C23H25FN2O3/c24-21-17-19(4-7-22(21)26-11-15-29-16-12-26)23(27)8-3-18-1-5-20(6-2-18)25-9-13-28-14-10-25/h1-8,17H,9-16H2/b8-3+. The van der Waals surface area contributed by atoms with Gasteiger partial charge in [-0.25, -0.2) is 4.39 Å². The Kier molecular flexibility index (Phi) is 6.22. The SMILES string of the molecule is O=C(/C=C/c1ccc(N2CCOCC2)cc1)c1ccc(N2CCOCC2)c(F)c1. The van der Waals surface area contributed by atoms with E-state index in [4.69, 9.17) is 9.47 Å². The minimum atomic E-state index is -0.374. The van der Waals surface area contributed by atoms with E-state index in [1.165, 1.54) is 12.1 Å². The predicted octanol–water partition coefficient (Wildman–Crippen LogP) is 3.40. The van der Waals surface area contributed by atoms with Crippen LogP contribution in [-0.2, 0) is 9.47 Å². The topological polar surface area (TPSA) is 42.0 Å². The zero-order valence-corrected chi connectivity index (χ0v) is 16.4. The molecule has 0 radical (unpaired) electrons. The van der Waals surface area contributed by atoms with E-state index in [1.807, 2.05) is 29.2 Å². The van der Waals surface area contributed by atoms with Crippen molar-refractivity contribution in [1.29, 1.82) is 0 Å². The highest BCUT2D eigenvalue weighted by atomic mass is 19.1. The van der Waals surface area contributed by atoms with Crippen LogP contribution >= 0.6 is 0 Å². The minimum absolute atomic E-state index is 0.213. The smallest absolute Gasteiger partial charge is 0.185 e. The average molecular weight is 396 g/mol. The number of carbonyl (C=O) groups is 1. The first-order valence-corrected chi connectivity index (χ1v) is 9.98.